The summed E-state index contributed by atoms with van der Waals surface area (Å²) in [5.74, 6) is -1.66. The van der Waals surface area contributed by atoms with Gasteiger partial charge >= 0.3 is 11.9 Å². The van der Waals surface area contributed by atoms with Crippen molar-refractivity contribution in [2.45, 2.75) is 19.4 Å². The first-order valence-corrected chi connectivity index (χ1v) is 6.47. The molecule has 0 N–H and O–H groups in total. The predicted molar refractivity (Wildman–Crippen MR) is 72.0 cm³/mol. The van der Waals surface area contributed by atoms with E-state index in [1.807, 2.05) is 6.92 Å². The van der Waals surface area contributed by atoms with Gasteiger partial charge in [0.05, 0.1) is 12.0 Å². The van der Waals surface area contributed by atoms with Crippen LogP contribution in [-0.2, 0) is 14.3 Å². The molecule has 1 fully saturated rings. The maximum atomic E-state index is 12.0. The van der Waals surface area contributed by atoms with Crippen LogP contribution < -0.4 is 5.43 Å². The van der Waals surface area contributed by atoms with E-state index in [1.54, 1.807) is 18.2 Å². The minimum Gasteiger partial charge on any atom is -0.463 e. The molecule has 0 saturated carbocycles. The summed E-state index contributed by atoms with van der Waals surface area (Å²) in [5.41, 5.74) is 0.883. The molecule has 6 nitrogen and oxygen atoms in total. The summed E-state index contributed by atoms with van der Waals surface area (Å²) in [6, 6.07) is 6.15. The highest BCUT2D eigenvalue weighted by molar-refractivity contribution is 5.91. The molecule has 21 heavy (non-hydrogen) atoms. The van der Waals surface area contributed by atoms with Crippen LogP contribution in [-0.4, -0.2) is 24.6 Å². The zero-order valence-corrected chi connectivity index (χ0v) is 11.3. The number of carbonyl (C=O) groups is 2. The number of aryl methyl sites for hydroxylation is 1. The lowest BCUT2D eigenvalue weighted by molar-refractivity contribution is -0.145. The predicted octanol–water partition coefficient (Wildman–Crippen LogP) is 1.57. The zero-order valence-electron chi connectivity index (χ0n) is 11.3. The van der Waals surface area contributed by atoms with E-state index < -0.39 is 18.0 Å². The van der Waals surface area contributed by atoms with E-state index in [0.717, 1.165) is 11.6 Å². The van der Waals surface area contributed by atoms with Crippen LogP contribution in [0, 0.1) is 6.92 Å². The third kappa shape index (κ3) is 2.52. The number of hydrogen-bond acceptors (Lipinski definition) is 6. The number of rotatable bonds is 2. The number of cyclic esters (lactones) is 1. The van der Waals surface area contributed by atoms with Crippen molar-refractivity contribution < 1.29 is 23.5 Å². The molecule has 2 heterocycles. The van der Waals surface area contributed by atoms with Crippen LogP contribution in [0.15, 0.2) is 33.5 Å². The Morgan fingerprint density at radius 1 is 1.29 bits per heavy atom. The monoisotopic (exact) mass is 288 g/mol. The van der Waals surface area contributed by atoms with Gasteiger partial charge in [0, 0.05) is 12.5 Å². The van der Waals surface area contributed by atoms with Crippen molar-refractivity contribution in [1.29, 1.82) is 0 Å². The first-order chi connectivity index (χ1) is 10.0. The van der Waals surface area contributed by atoms with Crippen LogP contribution in [0.25, 0.3) is 11.0 Å². The molecule has 1 aliphatic rings. The van der Waals surface area contributed by atoms with Crippen molar-refractivity contribution in [2.24, 2.45) is 0 Å². The number of carbonyl (C=O) groups excluding carboxylic acids is 2. The molecule has 2 aromatic rings. The molecule has 0 bridgehead atoms. The Kier molecular flexibility index (Phi) is 3.21. The minimum atomic E-state index is -0.934. The molecular weight excluding hydrogens is 276 g/mol. The van der Waals surface area contributed by atoms with Gasteiger partial charge in [0.25, 0.3) is 0 Å². The summed E-state index contributed by atoms with van der Waals surface area (Å²) in [7, 11) is 0. The first kappa shape index (κ1) is 13.4. The fourth-order valence-corrected chi connectivity index (χ4v) is 2.14. The number of ether oxygens (including phenoxy) is 2. The molecule has 0 spiro atoms. The van der Waals surface area contributed by atoms with Crippen LogP contribution in [0.2, 0.25) is 0 Å². The molecule has 1 aromatic heterocycles. The van der Waals surface area contributed by atoms with Crippen molar-refractivity contribution in [3.63, 3.8) is 0 Å². The van der Waals surface area contributed by atoms with Gasteiger partial charge in [-0.25, -0.2) is 9.59 Å². The van der Waals surface area contributed by atoms with Crippen LogP contribution in [0.4, 0.5) is 0 Å². The van der Waals surface area contributed by atoms with E-state index in [1.165, 1.54) is 0 Å². The minimum absolute atomic E-state index is 0.220. The molecule has 1 aliphatic heterocycles. The van der Waals surface area contributed by atoms with Gasteiger partial charge in [-0.2, -0.15) is 0 Å². The highest BCUT2D eigenvalue weighted by Gasteiger charge is 2.31. The third-order valence-corrected chi connectivity index (χ3v) is 3.22. The molecule has 6 heteroatoms. The van der Waals surface area contributed by atoms with E-state index in [9.17, 15) is 14.4 Å². The van der Waals surface area contributed by atoms with Crippen molar-refractivity contribution in [3.05, 3.63) is 45.8 Å². The van der Waals surface area contributed by atoms with E-state index in [4.69, 9.17) is 13.9 Å². The smallest absolute Gasteiger partial charge is 0.375 e. The van der Waals surface area contributed by atoms with Gasteiger partial charge in [-0.1, -0.05) is 11.6 Å². The van der Waals surface area contributed by atoms with Crippen LogP contribution >= 0.6 is 0 Å². The van der Waals surface area contributed by atoms with Crippen LogP contribution in [0.1, 0.15) is 22.5 Å². The van der Waals surface area contributed by atoms with E-state index in [0.29, 0.717) is 17.4 Å². The molecule has 0 radical (unpaired) electrons. The first-order valence-electron chi connectivity index (χ1n) is 6.47. The Bertz CT molecular complexity index is 788. The summed E-state index contributed by atoms with van der Waals surface area (Å²) in [6.45, 7) is 2.07. The van der Waals surface area contributed by atoms with Gasteiger partial charge < -0.3 is 13.9 Å². The molecular formula is C15H12O6. The highest BCUT2D eigenvalue weighted by atomic mass is 16.6. The molecule has 1 atom stereocenters. The van der Waals surface area contributed by atoms with E-state index in [2.05, 4.69) is 0 Å². The third-order valence-electron chi connectivity index (χ3n) is 3.22. The fourth-order valence-electron chi connectivity index (χ4n) is 2.14. The lowest BCUT2D eigenvalue weighted by Crippen LogP contribution is -2.23. The second-order valence-electron chi connectivity index (χ2n) is 4.82. The van der Waals surface area contributed by atoms with Crippen LogP contribution in [0.3, 0.4) is 0 Å². The second-order valence-corrected chi connectivity index (χ2v) is 4.82. The van der Waals surface area contributed by atoms with Crippen molar-refractivity contribution in [2.75, 3.05) is 6.61 Å². The maximum Gasteiger partial charge on any atom is 0.375 e. The molecule has 0 unspecified atom stereocenters. The van der Waals surface area contributed by atoms with Gasteiger partial charge in [0.2, 0.25) is 11.9 Å². The Labute approximate surface area is 119 Å². The summed E-state index contributed by atoms with van der Waals surface area (Å²) in [6.07, 6.45) is -0.627. The van der Waals surface area contributed by atoms with Gasteiger partial charge in [0.1, 0.15) is 5.58 Å². The number of benzene rings is 1. The standard InChI is InChI=1S/C15H12O6/c1-8-2-3-11-9(6-8)10(16)7-13(20-11)15(18)21-12-4-5-19-14(12)17/h2-3,6-7,12H,4-5H2,1H3/t12-/m0/s1. The fraction of sp³-hybridized carbons (Fsp3) is 0.267. The largest absolute Gasteiger partial charge is 0.463 e. The van der Waals surface area contributed by atoms with Crippen molar-refractivity contribution >= 4 is 22.9 Å². The van der Waals surface area contributed by atoms with Gasteiger partial charge in [0.15, 0.2) is 5.43 Å². The average molecular weight is 288 g/mol. The topological polar surface area (TPSA) is 82.8 Å². The van der Waals surface area contributed by atoms with Gasteiger partial charge in [-0.05, 0) is 19.1 Å². The molecule has 1 saturated heterocycles. The number of hydrogen-bond donors (Lipinski definition) is 0. The normalized spacial score (nSPS) is 17.8. The quantitative estimate of drug-likeness (QED) is 0.780. The molecule has 108 valence electrons. The summed E-state index contributed by atoms with van der Waals surface area (Å²) in [4.78, 5) is 35.2. The molecule has 1 aromatic carbocycles. The summed E-state index contributed by atoms with van der Waals surface area (Å²) >= 11 is 0. The average Bonchev–Trinajstić information content (AvgIpc) is 2.85. The Morgan fingerprint density at radius 3 is 2.81 bits per heavy atom. The lowest BCUT2D eigenvalue weighted by Gasteiger charge is -2.08. The Morgan fingerprint density at radius 2 is 2.10 bits per heavy atom. The van der Waals surface area contributed by atoms with Crippen LogP contribution in [0.5, 0.6) is 0 Å². The maximum absolute atomic E-state index is 12.0. The van der Waals surface area contributed by atoms with E-state index in [-0.39, 0.29) is 17.8 Å². The van der Waals surface area contributed by atoms with E-state index >= 15 is 0 Å². The Balaban J connectivity index is 1.93. The molecule has 0 aliphatic carbocycles. The lowest BCUT2D eigenvalue weighted by atomic mass is 10.1. The summed E-state index contributed by atoms with van der Waals surface area (Å²) in [5, 5.41) is 0.395. The second kappa shape index (κ2) is 5.05. The van der Waals surface area contributed by atoms with Crippen molar-refractivity contribution in [3.8, 4) is 0 Å². The molecule has 3 rings (SSSR count). The SMILES string of the molecule is Cc1ccc2oc(C(=O)O[C@H]3CCOC3=O)cc(=O)c2c1. The Hall–Kier alpha value is -2.63. The van der Waals surface area contributed by atoms with Gasteiger partial charge in [-0.3, -0.25) is 4.79 Å². The zero-order chi connectivity index (χ0) is 15.0. The number of esters is 2. The van der Waals surface area contributed by atoms with Gasteiger partial charge in [-0.15, -0.1) is 0 Å². The summed E-state index contributed by atoms with van der Waals surface area (Å²) < 4.78 is 15.1. The number of fused-ring (bicyclic) bond motifs is 1. The van der Waals surface area contributed by atoms with Crippen molar-refractivity contribution in [1.82, 2.24) is 0 Å². The highest BCUT2D eigenvalue weighted by Crippen LogP contribution is 2.17. The molecule has 0 amide bonds.